The third-order valence-corrected chi connectivity index (χ3v) is 3.47. The molecule has 0 saturated heterocycles. The molecule has 0 aliphatic carbocycles. The van der Waals surface area contributed by atoms with Crippen molar-refractivity contribution in [2.75, 3.05) is 0 Å². The molecule has 0 spiro atoms. The molecule has 0 aliphatic rings. The van der Waals surface area contributed by atoms with Crippen LogP contribution in [-0.4, -0.2) is 4.98 Å². The van der Waals surface area contributed by atoms with Gasteiger partial charge in [0.2, 0.25) is 0 Å². The summed E-state index contributed by atoms with van der Waals surface area (Å²) < 4.78 is 38.2. The molecule has 0 N–H and O–H groups in total. The van der Waals surface area contributed by atoms with E-state index in [2.05, 4.69) is 4.98 Å². The van der Waals surface area contributed by atoms with Crippen molar-refractivity contribution in [3.8, 4) is 11.3 Å². The lowest BCUT2D eigenvalue weighted by molar-refractivity contribution is -0.137. The Bertz CT molecular complexity index is 798. The van der Waals surface area contributed by atoms with E-state index in [0.29, 0.717) is 16.6 Å². The summed E-state index contributed by atoms with van der Waals surface area (Å²) in [6.45, 7) is 0. The van der Waals surface area contributed by atoms with Gasteiger partial charge >= 0.3 is 6.18 Å². The maximum absolute atomic E-state index is 12.7. The number of hydrogen-bond donors (Lipinski definition) is 0. The summed E-state index contributed by atoms with van der Waals surface area (Å²) in [5.41, 5.74) is 1.20. The van der Waals surface area contributed by atoms with Gasteiger partial charge in [0.15, 0.2) is 0 Å². The average molecular weight is 308 g/mol. The molecule has 1 heterocycles. The summed E-state index contributed by atoms with van der Waals surface area (Å²) in [5.74, 6) is 0. The van der Waals surface area contributed by atoms with Gasteiger partial charge in [0.25, 0.3) is 0 Å². The third-order valence-electron chi connectivity index (χ3n) is 3.16. The highest BCUT2D eigenvalue weighted by molar-refractivity contribution is 6.35. The van der Waals surface area contributed by atoms with Gasteiger partial charge in [-0.25, -0.2) is 4.98 Å². The minimum Gasteiger partial charge on any atom is -0.248 e. The minimum absolute atomic E-state index is 0.255. The van der Waals surface area contributed by atoms with E-state index in [4.69, 9.17) is 11.6 Å². The third kappa shape index (κ3) is 2.72. The zero-order valence-electron chi connectivity index (χ0n) is 10.7. The fraction of sp³-hybridized carbons (Fsp3) is 0.0625. The maximum Gasteiger partial charge on any atom is 0.416 e. The Morgan fingerprint density at radius 1 is 0.905 bits per heavy atom. The monoisotopic (exact) mass is 307 g/mol. The van der Waals surface area contributed by atoms with Crippen molar-refractivity contribution in [3.63, 3.8) is 0 Å². The molecule has 3 rings (SSSR count). The molecular formula is C16H9ClF3N. The van der Waals surface area contributed by atoms with Gasteiger partial charge in [-0.3, -0.25) is 0 Å². The number of aromatic nitrogens is 1. The van der Waals surface area contributed by atoms with Crippen LogP contribution < -0.4 is 0 Å². The van der Waals surface area contributed by atoms with E-state index >= 15 is 0 Å². The van der Waals surface area contributed by atoms with Crippen LogP contribution in [0.4, 0.5) is 13.2 Å². The summed E-state index contributed by atoms with van der Waals surface area (Å²) in [6.07, 6.45) is -4.39. The van der Waals surface area contributed by atoms with Crippen LogP contribution in [0.5, 0.6) is 0 Å². The molecule has 1 nitrogen and oxygen atoms in total. The number of halogens is 4. The van der Waals surface area contributed by atoms with Crippen LogP contribution in [-0.2, 0) is 6.18 Å². The normalized spacial score (nSPS) is 11.8. The van der Waals surface area contributed by atoms with E-state index in [0.717, 1.165) is 17.7 Å². The summed E-state index contributed by atoms with van der Waals surface area (Å²) >= 11 is 6.13. The SMILES string of the molecule is FC(F)(F)c1ccc2nc(-c3ccccc3)cc(Cl)c2c1. The summed E-state index contributed by atoms with van der Waals surface area (Å²) in [5, 5.41) is 0.552. The molecule has 1 aromatic heterocycles. The quantitative estimate of drug-likeness (QED) is 0.572. The van der Waals surface area contributed by atoms with E-state index < -0.39 is 11.7 Å². The Balaban J connectivity index is 2.18. The fourth-order valence-electron chi connectivity index (χ4n) is 2.12. The molecule has 0 bridgehead atoms. The second kappa shape index (κ2) is 5.04. The van der Waals surface area contributed by atoms with E-state index in [-0.39, 0.29) is 5.02 Å². The molecular weight excluding hydrogens is 299 g/mol. The number of fused-ring (bicyclic) bond motifs is 1. The Labute approximate surface area is 124 Å². The van der Waals surface area contributed by atoms with Crippen LogP contribution in [0.3, 0.4) is 0 Å². The molecule has 0 saturated carbocycles. The predicted octanol–water partition coefficient (Wildman–Crippen LogP) is 5.57. The summed E-state index contributed by atoms with van der Waals surface area (Å²) in [6, 6.07) is 14.3. The Kier molecular flexibility index (Phi) is 3.33. The number of alkyl halides is 3. The lowest BCUT2D eigenvalue weighted by atomic mass is 10.1. The standard InChI is InChI=1S/C16H9ClF3N/c17-13-9-15(10-4-2-1-3-5-10)21-14-7-6-11(8-12(13)14)16(18,19)20/h1-9H. The van der Waals surface area contributed by atoms with Crippen LogP contribution in [0, 0.1) is 0 Å². The highest BCUT2D eigenvalue weighted by Gasteiger charge is 2.30. The van der Waals surface area contributed by atoms with Gasteiger partial charge < -0.3 is 0 Å². The first-order valence-corrected chi connectivity index (χ1v) is 6.56. The van der Waals surface area contributed by atoms with Crippen molar-refractivity contribution in [1.29, 1.82) is 0 Å². The summed E-state index contributed by atoms with van der Waals surface area (Å²) in [4.78, 5) is 4.38. The van der Waals surface area contributed by atoms with Crippen molar-refractivity contribution >= 4 is 22.5 Å². The van der Waals surface area contributed by atoms with Crippen molar-refractivity contribution in [2.45, 2.75) is 6.18 Å². The van der Waals surface area contributed by atoms with Gasteiger partial charge in [0, 0.05) is 10.9 Å². The first kappa shape index (κ1) is 13.9. The van der Waals surface area contributed by atoms with Gasteiger partial charge in [-0.1, -0.05) is 41.9 Å². The van der Waals surface area contributed by atoms with Crippen molar-refractivity contribution in [2.24, 2.45) is 0 Å². The zero-order valence-corrected chi connectivity index (χ0v) is 11.4. The van der Waals surface area contributed by atoms with Gasteiger partial charge in [-0.05, 0) is 24.3 Å². The first-order chi connectivity index (χ1) is 9.95. The van der Waals surface area contributed by atoms with Gasteiger partial charge in [0.05, 0.1) is 21.8 Å². The number of rotatable bonds is 1. The van der Waals surface area contributed by atoms with Crippen LogP contribution in [0.1, 0.15) is 5.56 Å². The Morgan fingerprint density at radius 2 is 1.62 bits per heavy atom. The highest BCUT2D eigenvalue weighted by Crippen LogP contribution is 2.34. The molecule has 21 heavy (non-hydrogen) atoms. The van der Waals surface area contributed by atoms with Crippen molar-refractivity contribution in [3.05, 3.63) is 65.2 Å². The molecule has 0 atom stereocenters. The Morgan fingerprint density at radius 3 is 2.29 bits per heavy atom. The van der Waals surface area contributed by atoms with E-state index in [1.54, 1.807) is 6.07 Å². The lowest BCUT2D eigenvalue weighted by Crippen LogP contribution is -2.04. The van der Waals surface area contributed by atoms with Crippen molar-refractivity contribution < 1.29 is 13.2 Å². The fourth-order valence-corrected chi connectivity index (χ4v) is 2.37. The van der Waals surface area contributed by atoms with E-state index in [9.17, 15) is 13.2 Å². The van der Waals surface area contributed by atoms with Gasteiger partial charge in [0.1, 0.15) is 0 Å². The summed E-state index contributed by atoms with van der Waals surface area (Å²) in [7, 11) is 0. The molecule has 0 radical (unpaired) electrons. The Hall–Kier alpha value is -2.07. The predicted molar refractivity (Wildman–Crippen MR) is 77.2 cm³/mol. The van der Waals surface area contributed by atoms with Crippen LogP contribution >= 0.6 is 11.6 Å². The number of pyridine rings is 1. The zero-order chi connectivity index (χ0) is 15.0. The molecule has 0 fully saturated rings. The highest BCUT2D eigenvalue weighted by atomic mass is 35.5. The van der Waals surface area contributed by atoms with Crippen LogP contribution in [0.25, 0.3) is 22.2 Å². The topological polar surface area (TPSA) is 12.9 Å². The number of benzene rings is 2. The van der Waals surface area contributed by atoms with E-state index in [1.807, 2.05) is 30.3 Å². The molecule has 0 aliphatic heterocycles. The van der Waals surface area contributed by atoms with Gasteiger partial charge in [-0.2, -0.15) is 13.2 Å². The van der Waals surface area contributed by atoms with Crippen molar-refractivity contribution in [1.82, 2.24) is 4.98 Å². The molecule has 2 aromatic carbocycles. The average Bonchev–Trinajstić information content (AvgIpc) is 2.47. The lowest BCUT2D eigenvalue weighted by Gasteiger charge is -2.10. The van der Waals surface area contributed by atoms with E-state index in [1.165, 1.54) is 6.07 Å². The maximum atomic E-state index is 12.7. The first-order valence-electron chi connectivity index (χ1n) is 6.18. The molecule has 0 unspecified atom stereocenters. The van der Waals surface area contributed by atoms with Crippen LogP contribution in [0.2, 0.25) is 5.02 Å². The second-order valence-corrected chi connectivity index (χ2v) is 4.99. The smallest absolute Gasteiger partial charge is 0.248 e. The minimum atomic E-state index is -4.39. The van der Waals surface area contributed by atoms with Crippen LogP contribution in [0.15, 0.2) is 54.6 Å². The second-order valence-electron chi connectivity index (χ2n) is 4.59. The molecule has 0 amide bonds. The molecule has 3 aromatic rings. The van der Waals surface area contributed by atoms with Gasteiger partial charge in [-0.15, -0.1) is 0 Å². The largest absolute Gasteiger partial charge is 0.416 e. The molecule has 5 heteroatoms. The number of nitrogens with zero attached hydrogens (tertiary/aromatic N) is 1. The number of hydrogen-bond acceptors (Lipinski definition) is 1. The molecule has 106 valence electrons.